The van der Waals surface area contributed by atoms with E-state index >= 15 is 0 Å². The maximum Gasteiger partial charge on any atom is 0.240 e. The van der Waals surface area contributed by atoms with Crippen LogP contribution in [0.15, 0.2) is 47.4 Å². The molecule has 0 spiro atoms. The van der Waals surface area contributed by atoms with Gasteiger partial charge in [-0.25, -0.2) is 13.1 Å². The average molecular weight is 442 g/mol. The zero-order valence-electron chi connectivity index (χ0n) is 18.3. The molecule has 1 N–H and O–H groups in total. The summed E-state index contributed by atoms with van der Waals surface area (Å²) in [6.07, 6.45) is 3.18. The fourth-order valence-corrected chi connectivity index (χ4v) is 5.48. The Labute approximate surface area is 185 Å². The first-order valence-corrected chi connectivity index (χ1v) is 12.5. The van der Waals surface area contributed by atoms with Crippen molar-refractivity contribution < 1.29 is 13.2 Å². The fourth-order valence-electron chi connectivity index (χ4n) is 4.45. The Balaban J connectivity index is 1.47. The lowest BCUT2D eigenvalue weighted by molar-refractivity contribution is -0.116. The number of anilines is 1. The van der Waals surface area contributed by atoms with Gasteiger partial charge in [-0.15, -0.1) is 0 Å². The molecular formula is C24H31N3O3S. The molecule has 0 bridgehead atoms. The van der Waals surface area contributed by atoms with Crippen molar-refractivity contribution in [2.45, 2.75) is 51.1 Å². The summed E-state index contributed by atoms with van der Waals surface area (Å²) in [5, 5.41) is 0. The van der Waals surface area contributed by atoms with Crippen LogP contribution in [-0.2, 0) is 34.3 Å². The molecule has 0 aliphatic carbocycles. The van der Waals surface area contributed by atoms with E-state index in [0.29, 0.717) is 12.2 Å². The minimum absolute atomic E-state index is 0.0673. The highest BCUT2D eigenvalue weighted by Crippen LogP contribution is 2.30. The van der Waals surface area contributed by atoms with Gasteiger partial charge in [-0.1, -0.05) is 37.3 Å². The van der Waals surface area contributed by atoms with Gasteiger partial charge >= 0.3 is 0 Å². The summed E-state index contributed by atoms with van der Waals surface area (Å²) >= 11 is 0. The number of nitrogens with zero attached hydrogens (tertiary/aromatic N) is 2. The van der Waals surface area contributed by atoms with Crippen molar-refractivity contribution >= 4 is 21.6 Å². The number of sulfonamides is 1. The topological polar surface area (TPSA) is 69.7 Å². The molecule has 31 heavy (non-hydrogen) atoms. The Hall–Kier alpha value is -2.22. The number of benzene rings is 2. The Kier molecular flexibility index (Phi) is 6.46. The molecular weight excluding hydrogens is 410 g/mol. The number of fused-ring (bicyclic) bond motifs is 1. The normalized spacial score (nSPS) is 17.7. The van der Waals surface area contributed by atoms with Crippen molar-refractivity contribution in [3.8, 4) is 0 Å². The standard InChI is InChI=1S/C24H31N3O3S/c1-18-9-12-26(13-10-18)17-22-6-4-3-5-21(22)16-25-31(29,30)23-8-7-20-11-14-27(19(2)28)24(20)15-23/h3-8,15,18,25H,9-14,16-17H2,1-2H3. The van der Waals surface area contributed by atoms with Crippen LogP contribution in [0.2, 0.25) is 0 Å². The summed E-state index contributed by atoms with van der Waals surface area (Å²) in [5.74, 6) is 0.715. The molecule has 2 aliphatic rings. The van der Waals surface area contributed by atoms with Crippen LogP contribution in [0.3, 0.4) is 0 Å². The van der Waals surface area contributed by atoms with Gasteiger partial charge in [-0.2, -0.15) is 0 Å². The Morgan fingerprint density at radius 3 is 2.48 bits per heavy atom. The summed E-state index contributed by atoms with van der Waals surface area (Å²) in [5.41, 5.74) is 3.87. The first-order valence-electron chi connectivity index (χ1n) is 11.0. The van der Waals surface area contributed by atoms with Gasteiger partial charge in [0.05, 0.1) is 4.90 Å². The van der Waals surface area contributed by atoms with Crippen LogP contribution in [-0.4, -0.2) is 38.9 Å². The Morgan fingerprint density at radius 1 is 1.06 bits per heavy atom. The molecule has 2 aromatic rings. The average Bonchev–Trinajstić information content (AvgIpc) is 3.18. The molecule has 1 amide bonds. The lowest BCUT2D eigenvalue weighted by Crippen LogP contribution is -2.33. The van der Waals surface area contributed by atoms with Crippen molar-refractivity contribution in [1.29, 1.82) is 0 Å². The van der Waals surface area contributed by atoms with Crippen molar-refractivity contribution in [3.63, 3.8) is 0 Å². The van der Waals surface area contributed by atoms with Crippen LogP contribution in [0.5, 0.6) is 0 Å². The van der Waals surface area contributed by atoms with Gasteiger partial charge in [0.15, 0.2) is 0 Å². The number of hydrogen-bond donors (Lipinski definition) is 1. The van der Waals surface area contributed by atoms with E-state index < -0.39 is 10.0 Å². The number of carbonyl (C=O) groups excluding carboxylic acids is 1. The first-order chi connectivity index (χ1) is 14.8. The number of amides is 1. The summed E-state index contributed by atoms with van der Waals surface area (Å²) < 4.78 is 28.8. The van der Waals surface area contributed by atoms with Gasteiger partial charge in [0.25, 0.3) is 0 Å². The Bertz CT molecular complexity index is 1060. The predicted molar refractivity (Wildman–Crippen MR) is 122 cm³/mol. The van der Waals surface area contributed by atoms with E-state index in [1.807, 2.05) is 24.3 Å². The maximum atomic E-state index is 13.0. The Morgan fingerprint density at radius 2 is 1.77 bits per heavy atom. The van der Waals surface area contributed by atoms with Gasteiger partial charge in [-0.05, 0) is 67.1 Å². The summed E-state index contributed by atoms with van der Waals surface area (Å²) in [4.78, 5) is 16.1. The molecule has 0 atom stereocenters. The van der Waals surface area contributed by atoms with Crippen LogP contribution >= 0.6 is 0 Å². The van der Waals surface area contributed by atoms with Crippen LogP contribution < -0.4 is 9.62 Å². The van der Waals surface area contributed by atoms with Gasteiger partial charge in [0.2, 0.25) is 15.9 Å². The molecule has 2 aromatic carbocycles. The molecule has 0 saturated carbocycles. The molecule has 2 heterocycles. The number of rotatable bonds is 6. The number of likely N-dealkylation sites (tertiary alicyclic amines) is 1. The van der Waals surface area contributed by atoms with E-state index in [1.54, 1.807) is 17.0 Å². The zero-order chi connectivity index (χ0) is 22.0. The van der Waals surface area contributed by atoms with Crippen LogP contribution in [0.25, 0.3) is 0 Å². The molecule has 1 fully saturated rings. The quantitative estimate of drug-likeness (QED) is 0.747. The van der Waals surface area contributed by atoms with Gasteiger partial charge in [0.1, 0.15) is 0 Å². The SMILES string of the molecule is CC(=O)N1CCc2ccc(S(=O)(=O)NCc3ccccc3CN3CCC(C)CC3)cc21. The van der Waals surface area contributed by atoms with Crippen molar-refractivity contribution in [2.75, 3.05) is 24.5 Å². The molecule has 0 radical (unpaired) electrons. The summed E-state index contributed by atoms with van der Waals surface area (Å²) in [6.45, 7) is 7.67. The minimum atomic E-state index is -3.69. The van der Waals surface area contributed by atoms with Crippen molar-refractivity contribution in [1.82, 2.24) is 9.62 Å². The molecule has 0 aromatic heterocycles. The van der Waals surface area contributed by atoms with Gasteiger partial charge < -0.3 is 4.90 Å². The smallest absolute Gasteiger partial charge is 0.240 e. The van der Waals surface area contributed by atoms with Crippen molar-refractivity contribution in [2.24, 2.45) is 5.92 Å². The van der Waals surface area contributed by atoms with Gasteiger partial charge in [-0.3, -0.25) is 9.69 Å². The molecule has 6 nitrogen and oxygen atoms in total. The van der Waals surface area contributed by atoms with E-state index in [9.17, 15) is 13.2 Å². The van der Waals surface area contributed by atoms with Crippen LogP contribution in [0, 0.1) is 5.92 Å². The number of hydrogen-bond acceptors (Lipinski definition) is 4. The number of piperidine rings is 1. The second-order valence-electron chi connectivity index (χ2n) is 8.76. The predicted octanol–water partition coefficient (Wildman–Crippen LogP) is 3.31. The molecule has 0 unspecified atom stereocenters. The monoisotopic (exact) mass is 441 g/mol. The van der Waals surface area contributed by atoms with Crippen LogP contribution in [0.1, 0.15) is 43.4 Å². The molecule has 4 rings (SSSR count). The first kappa shape index (κ1) is 22.0. The van der Waals surface area contributed by atoms with E-state index in [0.717, 1.165) is 48.7 Å². The molecule has 166 valence electrons. The second-order valence-corrected chi connectivity index (χ2v) is 10.5. The largest absolute Gasteiger partial charge is 0.312 e. The lowest BCUT2D eigenvalue weighted by atomic mass is 9.98. The van der Waals surface area contributed by atoms with Crippen LogP contribution in [0.4, 0.5) is 5.69 Å². The lowest BCUT2D eigenvalue weighted by Gasteiger charge is -2.30. The van der Waals surface area contributed by atoms with E-state index in [1.165, 1.54) is 19.8 Å². The third-order valence-electron chi connectivity index (χ3n) is 6.48. The number of nitrogens with one attached hydrogen (secondary N) is 1. The number of carbonyl (C=O) groups is 1. The highest BCUT2D eigenvalue weighted by atomic mass is 32.2. The molecule has 1 saturated heterocycles. The fraction of sp³-hybridized carbons (Fsp3) is 0.458. The second kappa shape index (κ2) is 9.10. The maximum absolute atomic E-state index is 13.0. The highest BCUT2D eigenvalue weighted by Gasteiger charge is 2.25. The summed E-state index contributed by atoms with van der Waals surface area (Å²) in [7, 11) is -3.69. The third kappa shape index (κ3) is 5.00. The minimum Gasteiger partial charge on any atom is -0.312 e. The van der Waals surface area contributed by atoms with E-state index in [4.69, 9.17) is 0 Å². The third-order valence-corrected chi connectivity index (χ3v) is 7.88. The van der Waals surface area contributed by atoms with Gasteiger partial charge in [0, 0.05) is 32.2 Å². The molecule has 7 heteroatoms. The van der Waals surface area contributed by atoms with Crippen molar-refractivity contribution in [3.05, 3.63) is 59.2 Å². The summed E-state index contributed by atoms with van der Waals surface area (Å²) in [6, 6.07) is 13.1. The molecule has 2 aliphatic heterocycles. The zero-order valence-corrected chi connectivity index (χ0v) is 19.1. The van der Waals surface area contributed by atoms with E-state index in [2.05, 4.69) is 22.6 Å². The highest BCUT2D eigenvalue weighted by molar-refractivity contribution is 7.89. The van der Waals surface area contributed by atoms with E-state index in [-0.39, 0.29) is 17.3 Å².